The number of aliphatic hydroxyl groups excluding tert-OH is 2. The second kappa shape index (κ2) is 14.8. The van der Waals surface area contributed by atoms with Crippen LogP contribution >= 0.6 is 0 Å². The third-order valence-corrected chi connectivity index (χ3v) is 8.78. The first-order valence-electron chi connectivity index (χ1n) is 15.2. The van der Waals surface area contributed by atoms with Crippen LogP contribution in [0.3, 0.4) is 0 Å². The zero-order valence-corrected chi connectivity index (χ0v) is 25.1. The molecule has 5 N–H and O–H groups in total. The molecule has 3 atom stereocenters. The Kier molecular flexibility index (Phi) is 11.7. The number of ketones is 3. The Balaban J connectivity index is 0.00000116. The summed E-state index contributed by atoms with van der Waals surface area (Å²) >= 11 is 0. The molecular weight excluding hydrogens is 536 g/mol. The summed E-state index contributed by atoms with van der Waals surface area (Å²) in [6.07, 6.45) is 11.7. The molecule has 0 aliphatic heterocycles. The zero-order chi connectivity index (χ0) is 29.7. The number of furan rings is 1. The normalized spacial score (nSPS) is 21.9. The van der Waals surface area contributed by atoms with Gasteiger partial charge in [-0.2, -0.15) is 0 Å². The summed E-state index contributed by atoms with van der Waals surface area (Å²) in [5, 5.41) is 32.8. The SMILES string of the molecule is CC(=O)CC(=O)C1C(=O)C2=C(O)c3c(O)c(CC4CCCCC4)cc(-c4ccoc4)c3CC2CC1CCO.CCC.O. The standard InChI is InChI=1S/C31H36O7.C3H8.H2O/c1-17(33)11-25(34)26-19(7-9-32)13-21-14-24-23(20-8-10-38-16-20)15-22(12-18-5-3-2-4-6-18)29(35)28(24)31(37)27(21)30(26)36;1-3-2;/h8,10,15-16,18-19,21,26,32,35,37H,2-7,9,11-14H2,1H3;3H2,1-2H3;1H2. The van der Waals surface area contributed by atoms with E-state index in [1.807, 2.05) is 12.1 Å². The number of aromatic hydroxyl groups is 1. The minimum Gasteiger partial charge on any atom is -0.507 e. The largest absolute Gasteiger partial charge is 0.507 e. The number of phenols is 1. The Morgan fingerprint density at radius 3 is 2.38 bits per heavy atom. The van der Waals surface area contributed by atoms with Crippen molar-refractivity contribution in [2.45, 2.75) is 91.4 Å². The van der Waals surface area contributed by atoms with Crippen LogP contribution in [0.1, 0.15) is 95.2 Å². The number of rotatable bonds is 8. The van der Waals surface area contributed by atoms with Gasteiger partial charge in [0.1, 0.15) is 17.3 Å². The average molecular weight is 583 g/mol. The van der Waals surface area contributed by atoms with Crippen LogP contribution in [0.5, 0.6) is 5.75 Å². The summed E-state index contributed by atoms with van der Waals surface area (Å²) in [6.45, 7) is 5.38. The Morgan fingerprint density at radius 1 is 1.10 bits per heavy atom. The Morgan fingerprint density at radius 2 is 1.79 bits per heavy atom. The maximum Gasteiger partial charge on any atom is 0.173 e. The highest BCUT2D eigenvalue weighted by Gasteiger charge is 2.47. The molecule has 8 nitrogen and oxygen atoms in total. The highest BCUT2D eigenvalue weighted by Crippen LogP contribution is 2.50. The number of carbonyl (C=O) groups excluding carboxylic acids is 3. The van der Waals surface area contributed by atoms with Crippen molar-refractivity contribution in [3.05, 3.63) is 46.9 Å². The first-order valence-corrected chi connectivity index (χ1v) is 15.2. The molecule has 3 aliphatic rings. The van der Waals surface area contributed by atoms with E-state index in [0.717, 1.165) is 35.1 Å². The number of hydrogen-bond donors (Lipinski definition) is 3. The molecule has 8 heteroatoms. The lowest BCUT2D eigenvalue weighted by Gasteiger charge is -2.39. The average Bonchev–Trinajstić information content (AvgIpc) is 3.46. The van der Waals surface area contributed by atoms with Crippen molar-refractivity contribution in [1.82, 2.24) is 0 Å². The number of hydrogen-bond acceptors (Lipinski definition) is 7. The lowest BCUT2D eigenvalue weighted by Crippen LogP contribution is -2.43. The molecular formula is C34H46O8. The molecule has 0 bridgehead atoms. The number of fused-ring (bicyclic) bond motifs is 2. The van der Waals surface area contributed by atoms with E-state index in [-0.39, 0.29) is 59.3 Å². The van der Waals surface area contributed by atoms with Gasteiger partial charge in [-0.15, -0.1) is 0 Å². The number of phenolic OH excluding ortho intramolecular Hbond substituents is 1. The van der Waals surface area contributed by atoms with Crippen molar-refractivity contribution in [3.63, 3.8) is 0 Å². The second-order valence-electron chi connectivity index (χ2n) is 12.1. The summed E-state index contributed by atoms with van der Waals surface area (Å²) < 4.78 is 5.37. The van der Waals surface area contributed by atoms with Crippen LogP contribution in [-0.4, -0.2) is 44.8 Å². The minimum atomic E-state index is -1.08. The maximum atomic E-state index is 13.8. The van der Waals surface area contributed by atoms with E-state index in [4.69, 9.17) is 4.42 Å². The van der Waals surface area contributed by atoms with Crippen molar-refractivity contribution >= 4 is 23.1 Å². The molecule has 3 aliphatic carbocycles. The van der Waals surface area contributed by atoms with E-state index in [1.165, 1.54) is 32.6 Å². The van der Waals surface area contributed by atoms with E-state index in [1.54, 1.807) is 12.5 Å². The summed E-state index contributed by atoms with van der Waals surface area (Å²) in [5.41, 5.74) is 3.63. The van der Waals surface area contributed by atoms with Crippen LogP contribution in [0.4, 0.5) is 0 Å². The monoisotopic (exact) mass is 582 g/mol. The van der Waals surface area contributed by atoms with Crippen molar-refractivity contribution in [2.24, 2.45) is 23.7 Å². The summed E-state index contributed by atoms with van der Waals surface area (Å²) in [6, 6.07) is 3.85. The van der Waals surface area contributed by atoms with Crippen LogP contribution in [0, 0.1) is 23.7 Å². The zero-order valence-electron chi connectivity index (χ0n) is 25.1. The molecule has 230 valence electrons. The smallest absolute Gasteiger partial charge is 0.173 e. The van der Waals surface area contributed by atoms with Gasteiger partial charge >= 0.3 is 0 Å². The molecule has 42 heavy (non-hydrogen) atoms. The van der Waals surface area contributed by atoms with Crippen LogP contribution < -0.4 is 0 Å². The van der Waals surface area contributed by atoms with E-state index >= 15 is 0 Å². The predicted octanol–water partition coefficient (Wildman–Crippen LogP) is 5.94. The number of allylic oxidation sites excluding steroid dienone is 1. The van der Waals surface area contributed by atoms with E-state index in [0.29, 0.717) is 25.2 Å². The molecule has 0 saturated heterocycles. The molecule has 1 aromatic heterocycles. The third kappa shape index (κ3) is 6.87. The molecule has 3 unspecified atom stereocenters. The fraction of sp³-hybridized carbons (Fsp3) is 0.559. The van der Waals surface area contributed by atoms with Crippen LogP contribution in [0.15, 0.2) is 34.6 Å². The number of benzene rings is 1. The molecule has 2 saturated carbocycles. The summed E-state index contributed by atoms with van der Waals surface area (Å²) in [7, 11) is 0. The summed E-state index contributed by atoms with van der Waals surface area (Å²) in [4.78, 5) is 38.5. The van der Waals surface area contributed by atoms with Gasteiger partial charge in [0.2, 0.25) is 0 Å². The highest BCUT2D eigenvalue weighted by molar-refractivity contribution is 6.17. The Hall–Kier alpha value is -3.23. The number of Topliss-reactive ketones (excluding diaryl/α,β-unsaturated/α-hetero) is 3. The van der Waals surface area contributed by atoms with E-state index in [9.17, 15) is 29.7 Å². The Bertz CT molecular complexity index is 1280. The lowest BCUT2D eigenvalue weighted by molar-refractivity contribution is -0.137. The van der Waals surface area contributed by atoms with Gasteiger partial charge in [0, 0.05) is 17.7 Å². The van der Waals surface area contributed by atoms with Crippen molar-refractivity contribution in [1.29, 1.82) is 0 Å². The third-order valence-electron chi connectivity index (χ3n) is 8.78. The molecule has 0 radical (unpaired) electrons. The number of aliphatic hydroxyl groups is 2. The van der Waals surface area contributed by atoms with E-state index in [2.05, 4.69) is 13.8 Å². The van der Waals surface area contributed by atoms with Crippen LogP contribution in [0.25, 0.3) is 16.9 Å². The maximum absolute atomic E-state index is 13.8. The topological polar surface area (TPSA) is 157 Å². The van der Waals surface area contributed by atoms with Crippen molar-refractivity contribution in [3.8, 4) is 16.9 Å². The van der Waals surface area contributed by atoms with Crippen LogP contribution in [-0.2, 0) is 27.2 Å². The van der Waals surface area contributed by atoms with Gasteiger partial charge in [0.15, 0.2) is 11.6 Å². The van der Waals surface area contributed by atoms with Crippen molar-refractivity contribution < 1.29 is 39.6 Å². The van der Waals surface area contributed by atoms with Gasteiger partial charge in [0.05, 0.1) is 30.4 Å². The summed E-state index contributed by atoms with van der Waals surface area (Å²) in [5.74, 6) is -2.97. The minimum absolute atomic E-state index is 0. The molecule has 0 spiro atoms. The molecule has 0 amide bonds. The molecule has 1 aromatic carbocycles. The molecule has 5 rings (SSSR count). The second-order valence-corrected chi connectivity index (χ2v) is 12.1. The predicted molar refractivity (Wildman–Crippen MR) is 161 cm³/mol. The number of carbonyl (C=O) groups is 3. The molecule has 2 fully saturated rings. The Labute approximate surface area is 248 Å². The van der Waals surface area contributed by atoms with Gasteiger partial charge < -0.3 is 25.2 Å². The fourth-order valence-corrected chi connectivity index (χ4v) is 7.06. The van der Waals surface area contributed by atoms with Crippen molar-refractivity contribution in [2.75, 3.05) is 6.61 Å². The van der Waals surface area contributed by atoms with Gasteiger partial charge in [0.25, 0.3) is 0 Å². The van der Waals surface area contributed by atoms with Gasteiger partial charge in [-0.05, 0) is 79.2 Å². The fourth-order valence-electron chi connectivity index (χ4n) is 7.06. The van der Waals surface area contributed by atoms with Crippen LogP contribution in [0.2, 0.25) is 0 Å². The molecule has 1 heterocycles. The highest BCUT2D eigenvalue weighted by atomic mass is 16.3. The lowest BCUT2D eigenvalue weighted by atomic mass is 9.63. The van der Waals surface area contributed by atoms with Gasteiger partial charge in [-0.25, -0.2) is 0 Å². The first-order chi connectivity index (χ1) is 19.7. The van der Waals surface area contributed by atoms with Gasteiger partial charge in [-0.1, -0.05) is 52.4 Å². The van der Waals surface area contributed by atoms with E-state index < -0.39 is 23.4 Å². The first kappa shape index (κ1) is 33.3. The molecule has 2 aromatic rings. The van der Waals surface area contributed by atoms with Gasteiger partial charge in [-0.3, -0.25) is 14.4 Å². The quantitative estimate of drug-likeness (QED) is 0.325.